The van der Waals surface area contributed by atoms with Gasteiger partial charge in [0.05, 0.1) is 12.6 Å². The van der Waals surface area contributed by atoms with Crippen LogP contribution in [0.2, 0.25) is 0 Å². The number of carbonyl (C=O) groups excluding carboxylic acids is 2. The third kappa shape index (κ3) is 18.1. The summed E-state index contributed by atoms with van der Waals surface area (Å²) in [5.41, 5.74) is 1.21. The van der Waals surface area contributed by atoms with Gasteiger partial charge in [0.1, 0.15) is 0 Å². The van der Waals surface area contributed by atoms with Gasteiger partial charge in [-0.05, 0) is 0 Å². The molecule has 0 fully saturated rings. The number of rotatable bonds is 2. The average molecular weight is 954 g/mol. The minimum atomic E-state index is 0. The molecule has 8 aromatic rings. The first-order valence-electron chi connectivity index (χ1n) is 17.1. The predicted octanol–water partition coefficient (Wildman–Crippen LogP) is 7.23. The maximum absolute atomic E-state index is 9.88. The van der Waals surface area contributed by atoms with Gasteiger partial charge in [0, 0.05) is 0 Å². The molecule has 0 N–H and O–H groups in total. The van der Waals surface area contributed by atoms with Crippen LogP contribution < -0.4 is 24.8 Å². The molecule has 0 spiro atoms. The molecule has 2 aliphatic carbocycles. The standard InChI is InChI=1S/2C13H9.2C7H5O.2C5H5.2CH3.2ClH.2Zr/c2*1-3-7-12-10(5-1)9-11-6-2-4-8-13(11)12;2*8-6-7-4-2-1-3-5-7;2*1-2-4-5-3-1;;;;;;/h2*1-9H;2*1-5H;2*1-3H,4H2;2*1H3;2*1H;;/q8*-1;;;2*+4/p-2. The second kappa shape index (κ2) is 32.6. The fourth-order valence-electron chi connectivity index (χ4n) is 5.50. The van der Waals surface area contributed by atoms with Crippen LogP contribution in [0.25, 0.3) is 43.1 Å². The predicted molar refractivity (Wildman–Crippen MR) is 233 cm³/mol. The molecule has 0 radical (unpaired) electrons. The maximum atomic E-state index is 9.88. The van der Waals surface area contributed by atoms with Gasteiger partial charge >= 0.3 is 52.4 Å². The summed E-state index contributed by atoms with van der Waals surface area (Å²) < 4.78 is 0. The number of hydrogen-bond acceptors (Lipinski definition) is 2. The van der Waals surface area contributed by atoms with Gasteiger partial charge in [-0.3, -0.25) is 12.2 Å². The molecule has 0 atom stereocenters. The van der Waals surface area contributed by atoms with Gasteiger partial charge in [0.15, 0.2) is 0 Å². The van der Waals surface area contributed by atoms with Crippen LogP contribution in [0.3, 0.4) is 0 Å². The number of fused-ring (bicyclic) bond motifs is 6. The van der Waals surface area contributed by atoms with Crippen LogP contribution in [0, 0.1) is 27.0 Å². The zero-order chi connectivity index (χ0) is 36.1. The molecule has 58 heavy (non-hydrogen) atoms. The molecule has 288 valence electrons. The van der Waals surface area contributed by atoms with E-state index in [9.17, 15) is 9.59 Å². The Kier molecular flexibility index (Phi) is 31.4. The van der Waals surface area contributed by atoms with Crippen LogP contribution in [0.1, 0.15) is 24.0 Å². The molecule has 2 nitrogen and oxygen atoms in total. The molecular formula is C52H44Cl2O2Zr2-2. The first-order chi connectivity index (χ1) is 25.8. The van der Waals surface area contributed by atoms with Gasteiger partial charge in [-0.25, -0.2) is 24.3 Å². The van der Waals surface area contributed by atoms with E-state index in [1.165, 1.54) is 43.1 Å². The van der Waals surface area contributed by atoms with E-state index in [-0.39, 0.29) is 92.1 Å². The van der Waals surface area contributed by atoms with Crippen molar-refractivity contribution in [2.45, 2.75) is 12.8 Å². The van der Waals surface area contributed by atoms with Crippen molar-refractivity contribution in [2.75, 3.05) is 0 Å². The topological polar surface area (TPSA) is 34.1 Å². The number of allylic oxidation sites excluding steroid dienone is 8. The van der Waals surface area contributed by atoms with Crippen LogP contribution in [-0.4, -0.2) is 12.6 Å². The summed E-state index contributed by atoms with van der Waals surface area (Å²) in [6.45, 7) is 0. The third-order valence-electron chi connectivity index (χ3n) is 8.00. The van der Waals surface area contributed by atoms with Crippen molar-refractivity contribution in [1.29, 1.82) is 0 Å². The summed E-state index contributed by atoms with van der Waals surface area (Å²) in [5, 5.41) is 10.8. The van der Waals surface area contributed by atoms with Crippen molar-refractivity contribution in [3.05, 3.63) is 244 Å². The molecule has 0 unspecified atom stereocenters. The molecule has 0 saturated carbocycles. The van der Waals surface area contributed by atoms with E-state index in [4.69, 9.17) is 0 Å². The molecule has 8 aromatic carbocycles. The zero-order valence-electron chi connectivity index (χ0n) is 32.6. The van der Waals surface area contributed by atoms with Gasteiger partial charge in [-0.15, -0.1) is 117 Å². The molecular weight excluding hydrogens is 910 g/mol. The van der Waals surface area contributed by atoms with Crippen molar-refractivity contribution in [3.63, 3.8) is 0 Å². The number of hydrogen-bond donors (Lipinski definition) is 0. The van der Waals surface area contributed by atoms with E-state index in [0.717, 1.165) is 12.8 Å². The molecule has 0 heterocycles. The van der Waals surface area contributed by atoms with Crippen molar-refractivity contribution in [3.8, 4) is 0 Å². The molecule has 0 aromatic heterocycles. The van der Waals surface area contributed by atoms with Crippen molar-refractivity contribution in [2.24, 2.45) is 0 Å². The summed E-state index contributed by atoms with van der Waals surface area (Å²) in [5.74, 6) is 0. The fraction of sp³-hybridized carbons (Fsp3) is 0.0385. The molecule has 0 amide bonds. The van der Waals surface area contributed by atoms with E-state index < -0.39 is 0 Å². The summed E-state index contributed by atoms with van der Waals surface area (Å²) >= 11 is 0. The van der Waals surface area contributed by atoms with Crippen LogP contribution in [0.5, 0.6) is 0 Å². The first-order valence-corrected chi connectivity index (χ1v) is 17.1. The molecule has 0 saturated heterocycles. The van der Waals surface area contributed by atoms with Crippen LogP contribution >= 0.6 is 0 Å². The van der Waals surface area contributed by atoms with E-state index in [1.54, 1.807) is 61.1 Å². The Bertz CT molecular complexity index is 2120. The molecule has 0 aliphatic heterocycles. The number of halogens is 2. The average Bonchev–Trinajstić information content (AvgIpc) is 4.08. The minimum Gasteiger partial charge on any atom is -1.00 e. The Morgan fingerprint density at radius 1 is 0.397 bits per heavy atom. The van der Waals surface area contributed by atoms with Gasteiger partial charge in [-0.2, -0.15) is 47.5 Å². The van der Waals surface area contributed by atoms with E-state index in [2.05, 4.69) is 133 Å². The second-order valence-electron chi connectivity index (χ2n) is 11.6. The monoisotopic (exact) mass is 950 g/mol. The SMILES string of the molecule is O=[C-]c1ccccc1.O=[C-]c1ccccc1.[C-]1=CC=CC1.[C-]1=CC=CC1.[CH3-].[CH3-].[Cl-].[Cl-].[Zr+4].[Zr+4].c1ccc2c(c1)[cH-]c1ccccc12.c1ccc2c(c1)[cH-]c1ccccc12. The molecule has 2 aliphatic rings. The summed E-state index contributed by atoms with van der Waals surface area (Å²) in [6.07, 6.45) is 23.6. The van der Waals surface area contributed by atoms with Gasteiger partial charge < -0.3 is 49.3 Å². The first kappa shape index (κ1) is 55.8. The van der Waals surface area contributed by atoms with E-state index in [1.807, 2.05) is 36.4 Å². The fourth-order valence-corrected chi connectivity index (χ4v) is 5.50. The van der Waals surface area contributed by atoms with Gasteiger partial charge in [-0.1, -0.05) is 84.9 Å². The minimum absolute atomic E-state index is 0. The van der Waals surface area contributed by atoms with E-state index in [0.29, 0.717) is 11.1 Å². The summed E-state index contributed by atoms with van der Waals surface area (Å²) in [4.78, 5) is 19.8. The molecule has 0 bridgehead atoms. The van der Waals surface area contributed by atoms with Crippen molar-refractivity contribution >= 4 is 55.7 Å². The normalized spacial score (nSPS) is 10.3. The van der Waals surface area contributed by atoms with Gasteiger partial charge in [0.2, 0.25) is 0 Å². The van der Waals surface area contributed by atoms with Crippen LogP contribution in [-0.2, 0) is 62.0 Å². The number of benzene rings is 6. The zero-order valence-corrected chi connectivity index (χ0v) is 39.0. The molecule has 6 heteroatoms. The van der Waals surface area contributed by atoms with E-state index >= 15 is 0 Å². The summed E-state index contributed by atoms with van der Waals surface area (Å²) in [6, 6.07) is 56.4. The Labute approximate surface area is 396 Å². The molecule has 10 rings (SSSR count). The Morgan fingerprint density at radius 2 is 0.655 bits per heavy atom. The van der Waals surface area contributed by atoms with Crippen molar-refractivity contribution in [1.82, 2.24) is 0 Å². The Hall–Kier alpha value is -4.29. The largest absolute Gasteiger partial charge is 4.00 e. The van der Waals surface area contributed by atoms with Crippen molar-refractivity contribution < 1.29 is 86.8 Å². The quantitative estimate of drug-likeness (QED) is 0.172. The summed E-state index contributed by atoms with van der Waals surface area (Å²) in [7, 11) is 0. The Morgan fingerprint density at radius 3 is 0.845 bits per heavy atom. The maximum Gasteiger partial charge on any atom is 4.00 e. The van der Waals surface area contributed by atoms with Gasteiger partial charge in [0.25, 0.3) is 0 Å². The van der Waals surface area contributed by atoms with Crippen LogP contribution in [0.4, 0.5) is 0 Å². The third-order valence-corrected chi connectivity index (χ3v) is 8.00. The smallest absolute Gasteiger partial charge is 1.00 e. The Balaban J connectivity index is 0. The second-order valence-corrected chi connectivity index (χ2v) is 11.6. The van der Waals surface area contributed by atoms with Crippen LogP contribution in [0.15, 0.2) is 206 Å².